The average molecular weight is 417 g/mol. The first-order valence-corrected chi connectivity index (χ1v) is 8.85. The van der Waals surface area contributed by atoms with Gasteiger partial charge >= 0.3 is 6.18 Å². The number of hydrogen-bond donors (Lipinski definition) is 0. The van der Waals surface area contributed by atoms with Crippen LogP contribution in [0.2, 0.25) is 5.02 Å². The summed E-state index contributed by atoms with van der Waals surface area (Å²) in [5, 5.41) is 4.88. The highest BCUT2D eigenvalue weighted by Crippen LogP contribution is 2.28. The lowest BCUT2D eigenvalue weighted by atomic mass is 10.1. The molecule has 9 heteroatoms. The summed E-state index contributed by atoms with van der Waals surface area (Å²) in [7, 11) is 0. The fourth-order valence-electron chi connectivity index (χ4n) is 2.88. The van der Waals surface area contributed by atoms with Gasteiger partial charge in [-0.2, -0.15) is 18.3 Å². The molecule has 29 heavy (non-hydrogen) atoms. The lowest BCUT2D eigenvalue weighted by Crippen LogP contribution is -2.12. The Morgan fingerprint density at radius 2 is 1.90 bits per heavy atom. The molecule has 0 aliphatic carbocycles. The van der Waals surface area contributed by atoms with Crippen molar-refractivity contribution < 1.29 is 18.0 Å². The van der Waals surface area contributed by atoms with Crippen LogP contribution in [0, 0.1) is 0 Å². The number of rotatable bonds is 4. The second-order valence-electron chi connectivity index (χ2n) is 6.29. The Kier molecular flexibility index (Phi) is 4.79. The number of alkyl halides is 3. The Bertz CT molecular complexity index is 1220. The van der Waals surface area contributed by atoms with Gasteiger partial charge in [0.15, 0.2) is 11.4 Å². The molecule has 0 fully saturated rings. The highest BCUT2D eigenvalue weighted by atomic mass is 35.5. The van der Waals surface area contributed by atoms with E-state index >= 15 is 0 Å². The van der Waals surface area contributed by atoms with Crippen molar-refractivity contribution in [3.05, 3.63) is 82.9 Å². The zero-order valence-corrected chi connectivity index (χ0v) is 15.4. The molecule has 0 atom stereocenters. The van der Waals surface area contributed by atoms with Crippen molar-refractivity contribution in [2.75, 3.05) is 0 Å². The number of pyridine rings is 1. The number of fused-ring (bicyclic) bond motifs is 1. The summed E-state index contributed by atoms with van der Waals surface area (Å²) in [5.41, 5.74) is 1.22. The number of Topliss-reactive ketones (excluding diaryl/α,β-unsaturated/α-hetero) is 1. The van der Waals surface area contributed by atoms with Gasteiger partial charge in [0.25, 0.3) is 0 Å². The molecule has 0 N–H and O–H groups in total. The van der Waals surface area contributed by atoms with Gasteiger partial charge in [0.05, 0.1) is 11.9 Å². The third-order valence-corrected chi connectivity index (χ3v) is 4.48. The number of aromatic nitrogens is 4. The maximum absolute atomic E-state index is 12.8. The molecule has 1 aromatic carbocycles. The molecule has 3 heterocycles. The molecule has 146 valence electrons. The van der Waals surface area contributed by atoms with Gasteiger partial charge in [-0.1, -0.05) is 23.7 Å². The minimum atomic E-state index is -4.57. The number of benzene rings is 1. The molecular weight excluding hydrogens is 405 g/mol. The number of carbonyl (C=O) groups excluding carboxylic acids is 1. The van der Waals surface area contributed by atoms with Gasteiger partial charge in [-0.3, -0.25) is 9.78 Å². The van der Waals surface area contributed by atoms with Crippen molar-refractivity contribution in [1.82, 2.24) is 19.6 Å². The minimum absolute atomic E-state index is 0.115. The molecular formula is C20H12ClF3N4O. The third kappa shape index (κ3) is 3.97. The molecule has 0 unspecified atom stereocenters. The van der Waals surface area contributed by atoms with Crippen LogP contribution < -0.4 is 0 Å². The molecule has 4 rings (SSSR count). The number of hydrogen-bond acceptors (Lipinski definition) is 4. The summed E-state index contributed by atoms with van der Waals surface area (Å²) >= 11 is 6.04. The number of halogens is 4. The summed E-state index contributed by atoms with van der Waals surface area (Å²) in [5.74, 6) is -0.419. The highest BCUT2D eigenvalue weighted by Gasteiger charge is 2.32. The molecule has 0 aliphatic heterocycles. The van der Waals surface area contributed by atoms with Crippen molar-refractivity contribution >= 4 is 23.0 Å². The van der Waals surface area contributed by atoms with Gasteiger partial charge in [-0.25, -0.2) is 9.50 Å². The summed E-state index contributed by atoms with van der Waals surface area (Å²) in [6, 6.07) is 12.5. The standard InChI is InChI=1S/C20H12ClF3N4O/c21-14-3-1-2-13(10-14)16-11-26-19-5-4-15(27-28(16)19)17(29)8-12-6-7-25-18(9-12)20(22,23)24/h1-7,9-11H,8H2. The van der Waals surface area contributed by atoms with E-state index in [4.69, 9.17) is 11.6 Å². The van der Waals surface area contributed by atoms with Crippen LogP contribution in [-0.2, 0) is 12.6 Å². The van der Waals surface area contributed by atoms with Crippen molar-refractivity contribution in [1.29, 1.82) is 0 Å². The quantitative estimate of drug-likeness (QED) is 0.444. The normalized spacial score (nSPS) is 11.7. The van der Waals surface area contributed by atoms with E-state index in [9.17, 15) is 18.0 Å². The van der Waals surface area contributed by atoms with Gasteiger partial charge in [0.1, 0.15) is 11.4 Å². The summed E-state index contributed by atoms with van der Waals surface area (Å²) in [6.07, 6.45) is -2.15. The van der Waals surface area contributed by atoms with E-state index in [1.807, 2.05) is 6.07 Å². The predicted molar refractivity (Wildman–Crippen MR) is 101 cm³/mol. The maximum Gasteiger partial charge on any atom is 0.433 e. The van der Waals surface area contributed by atoms with Gasteiger partial charge in [0, 0.05) is 23.2 Å². The molecule has 0 spiro atoms. The molecule has 0 saturated heterocycles. The SMILES string of the molecule is O=C(Cc1ccnc(C(F)(F)F)c1)c1ccc2ncc(-c3cccc(Cl)c3)n2n1. The van der Waals surface area contributed by atoms with Gasteiger partial charge in [0.2, 0.25) is 0 Å². The highest BCUT2D eigenvalue weighted by molar-refractivity contribution is 6.30. The fraction of sp³-hybridized carbons (Fsp3) is 0.100. The number of imidazole rings is 1. The van der Waals surface area contributed by atoms with E-state index in [1.54, 1.807) is 30.5 Å². The molecule has 0 aliphatic rings. The first-order chi connectivity index (χ1) is 13.8. The summed E-state index contributed by atoms with van der Waals surface area (Å²) < 4.78 is 40.0. The summed E-state index contributed by atoms with van der Waals surface area (Å²) in [6.45, 7) is 0. The molecule has 5 nitrogen and oxygen atoms in total. The second-order valence-corrected chi connectivity index (χ2v) is 6.73. The molecule has 0 radical (unpaired) electrons. The van der Waals surface area contributed by atoms with Crippen LogP contribution in [0.1, 0.15) is 21.7 Å². The van der Waals surface area contributed by atoms with Crippen molar-refractivity contribution in [3.63, 3.8) is 0 Å². The molecule has 0 amide bonds. The molecule has 0 saturated carbocycles. The maximum atomic E-state index is 12.8. The van der Waals surface area contributed by atoms with E-state index in [1.165, 1.54) is 16.6 Å². The monoisotopic (exact) mass is 416 g/mol. The largest absolute Gasteiger partial charge is 0.433 e. The smallest absolute Gasteiger partial charge is 0.292 e. The predicted octanol–water partition coefficient (Wildman–Crippen LogP) is 4.89. The third-order valence-electron chi connectivity index (χ3n) is 4.25. The number of ketones is 1. The Labute approximate surface area is 167 Å². The number of nitrogens with zero attached hydrogens (tertiary/aromatic N) is 4. The zero-order chi connectivity index (χ0) is 20.6. The van der Waals surface area contributed by atoms with Crippen LogP contribution >= 0.6 is 11.6 Å². The summed E-state index contributed by atoms with van der Waals surface area (Å²) in [4.78, 5) is 20.2. The topological polar surface area (TPSA) is 60.2 Å². The van der Waals surface area contributed by atoms with Crippen molar-refractivity contribution in [2.45, 2.75) is 12.6 Å². The Morgan fingerprint density at radius 3 is 2.66 bits per heavy atom. The first kappa shape index (κ1) is 19.1. The molecule has 3 aromatic heterocycles. The van der Waals surface area contributed by atoms with E-state index < -0.39 is 17.7 Å². The Morgan fingerprint density at radius 1 is 1.07 bits per heavy atom. The molecule has 4 aromatic rings. The Balaban J connectivity index is 1.66. The van der Waals surface area contributed by atoms with E-state index in [-0.39, 0.29) is 17.7 Å². The fourth-order valence-corrected chi connectivity index (χ4v) is 3.07. The van der Waals surface area contributed by atoms with E-state index in [0.29, 0.717) is 16.4 Å². The lowest BCUT2D eigenvalue weighted by molar-refractivity contribution is -0.141. The van der Waals surface area contributed by atoms with Gasteiger partial charge in [-0.05, 0) is 42.0 Å². The Hall–Kier alpha value is -3.26. The van der Waals surface area contributed by atoms with Crippen LogP contribution in [0.5, 0.6) is 0 Å². The van der Waals surface area contributed by atoms with Crippen molar-refractivity contribution in [2.24, 2.45) is 0 Å². The van der Waals surface area contributed by atoms with E-state index in [2.05, 4.69) is 15.1 Å². The molecule has 0 bridgehead atoms. The van der Waals surface area contributed by atoms with E-state index in [0.717, 1.165) is 17.8 Å². The first-order valence-electron chi connectivity index (χ1n) is 8.47. The van der Waals surface area contributed by atoms with Crippen LogP contribution in [0.25, 0.3) is 16.9 Å². The van der Waals surface area contributed by atoms with Crippen LogP contribution in [0.3, 0.4) is 0 Å². The zero-order valence-electron chi connectivity index (χ0n) is 14.7. The lowest BCUT2D eigenvalue weighted by Gasteiger charge is -2.08. The van der Waals surface area contributed by atoms with Crippen LogP contribution in [-0.4, -0.2) is 25.4 Å². The van der Waals surface area contributed by atoms with Gasteiger partial charge in [-0.15, -0.1) is 0 Å². The van der Waals surface area contributed by atoms with Crippen molar-refractivity contribution in [3.8, 4) is 11.3 Å². The van der Waals surface area contributed by atoms with Crippen LogP contribution in [0.15, 0.2) is 60.9 Å². The minimum Gasteiger partial charge on any atom is -0.292 e. The average Bonchev–Trinajstić information content (AvgIpc) is 3.11. The second kappa shape index (κ2) is 7.29. The van der Waals surface area contributed by atoms with Gasteiger partial charge < -0.3 is 0 Å². The van der Waals surface area contributed by atoms with Crippen LogP contribution in [0.4, 0.5) is 13.2 Å². The number of carbonyl (C=O) groups is 1.